The second-order valence-electron chi connectivity index (χ2n) is 6.50. The lowest BCUT2D eigenvalue weighted by atomic mass is 9.79. The van der Waals surface area contributed by atoms with Gasteiger partial charge in [0.05, 0.1) is 18.4 Å². The highest BCUT2D eigenvalue weighted by Crippen LogP contribution is 2.33. The van der Waals surface area contributed by atoms with E-state index < -0.39 is 36.1 Å². The molecule has 0 saturated heterocycles. The molecular formula is C15H26O6. The van der Waals surface area contributed by atoms with Crippen LogP contribution in [0.15, 0.2) is 0 Å². The first-order chi connectivity index (χ1) is 9.74. The lowest BCUT2D eigenvalue weighted by Gasteiger charge is -2.31. The molecule has 21 heavy (non-hydrogen) atoms. The fourth-order valence-corrected chi connectivity index (χ4v) is 2.41. The van der Waals surface area contributed by atoms with Crippen molar-refractivity contribution in [3.8, 4) is 0 Å². The molecule has 1 rings (SSSR count). The number of rotatable bonds is 5. The fourth-order valence-electron chi connectivity index (χ4n) is 2.41. The quantitative estimate of drug-likeness (QED) is 0.737. The molecule has 0 aliphatic heterocycles. The minimum absolute atomic E-state index is 0.257. The van der Waals surface area contributed by atoms with Gasteiger partial charge in [-0.1, -0.05) is 12.8 Å². The first kappa shape index (κ1) is 17.9. The summed E-state index contributed by atoms with van der Waals surface area (Å²) < 4.78 is 10.4. The van der Waals surface area contributed by atoms with Crippen molar-refractivity contribution in [2.45, 2.75) is 58.2 Å². The van der Waals surface area contributed by atoms with Crippen LogP contribution in [0.3, 0.4) is 0 Å². The molecule has 6 heteroatoms. The van der Waals surface area contributed by atoms with Crippen LogP contribution in [0.1, 0.15) is 46.5 Å². The molecule has 0 spiro atoms. The van der Waals surface area contributed by atoms with Crippen LogP contribution >= 0.6 is 0 Å². The molecule has 3 atom stereocenters. The molecule has 0 aromatic carbocycles. The molecule has 2 N–H and O–H groups in total. The molecule has 0 radical (unpaired) electrons. The van der Waals surface area contributed by atoms with Gasteiger partial charge in [0.2, 0.25) is 0 Å². The van der Waals surface area contributed by atoms with Gasteiger partial charge in [-0.15, -0.1) is 0 Å². The molecule has 1 aliphatic rings. The second kappa shape index (κ2) is 7.75. The topological polar surface area (TPSA) is 93.1 Å². The van der Waals surface area contributed by atoms with E-state index in [2.05, 4.69) is 0 Å². The van der Waals surface area contributed by atoms with Gasteiger partial charge in [0.1, 0.15) is 18.3 Å². The van der Waals surface area contributed by atoms with Crippen LogP contribution in [-0.2, 0) is 19.1 Å². The molecule has 1 saturated carbocycles. The van der Waals surface area contributed by atoms with E-state index in [-0.39, 0.29) is 12.6 Å². The van der Waals surface area contributed by atoms with Crippen molar-refractivity contribution >= 4 is 11.9 Å². The normalized spacial score (nSPS) is 24.2. The van der Waals surface area contributed by atoms with E-state index in [1.807, 2.05) is 0 Å². The van der Waals surface area contributed by atoms with E-state index in [0.717, 1.165) is 12.8 Å². The van der Waals surface area contributed by atoms with Crippen molar-refractivity contribution in [3.63, 3.8) is 0 Å². The summed E-state index contributed by atoms with van der Waals surface area (Å²) in [4.78, 5) is 24.3. The molecule has 6 nitrogen and oxygen atoms in total. The van der Waals surface area contributed by atoms with E-state index in [0.29, 0.717) is 12.8 Å². The van der Waals surface area contributed by atoms with Gasteiger partial charge in [-0.3, -0.25) is 9.59 Å². The highest BCUT2D eigenvalue weighted by Gasteiger charge is 2.39. The summed E-state index contributed by atoms with van der Waals surface area (Å²) >= 11 is 0. The largest absolute Gasteiger partial charge is 0.463 e. The summed E-state index contributed by atoms with van der Waals surface area (Å²) in [5, 5.41) is 17.9. The Morgan fingerprint density at radius 3 is 2.14 bits per heavy atom. The first-order valence-electron chi connectivity index (χ1n) is 7.43. The average Bonchev–Trinajstić information content (AvgIpc) is 2.42. The van der Waals surface area contributed by atoms with Gasteiger partial charge < -0.3 is 19.7 Å². The Morgan fingerprint density at radius 2 is 1.67 bits per heavy atom. The number of hydrogen-bond donors (Lipinski definition) is 2. The van der Waals surface area contributed by atoms with Crippen molar-refractivity contribution < 1.29 is 29.3 Å². The van der Waals surface area contributed by atoms with Gasteiger partial charge in [-0.25, -0.2) is 0 Å². The molecule has 1 fully saturated rings. The molecule has 0 aromatic heterocycles. The summed E-state index contributed by atoms with van der Waals surface area (Å²) in [6, 6.07) is 0. The van der Waals surface area contributed by atoms with Crippen LogP contribution in [0.4, 0.5) is 0 Å². The number of carbonyl (C=O) groups is 2. The predicted molar refractivity (Wildman–Crippen MR) is 75.3 cm³/mol. The van der Waals surface area contributed by atoms with E-state index in [1.165, 1.54) is 0 Å². The van der Waals surface area contributed by atoms with Gasteiger partial charge >= 0.3 is 11.9 Å². The highest BCUT2D eigenvalue weighted by molar-refractivity contribution is 5.82. The zero-order chi connectivity index (χ0) is 16.0. The SMILES string of the molecule is CC(C)(C)OC(=O)C1CCCCC1C(=O)OCC(O)CO. The van der Waals surface area contributed by atoms with Gasteiger partial charge in [-0.2, -0.15) is 0 Å². The Hall–Kier alpha value is -1.14. The molecule has 122 valence electrons. The van der Waals surface area contributed by atoms with Crippen LogP contribution in [0.25, 0.3) is 0 Å². The Bertz CT molecular complexity index is 360. The number of esters is 2. The zero-order valence-corrected chi connectivity index (χ0v) is 13.0. The van der Waals surface area contributed by atoms with Gasteiger partial charge in [0.15, 0.2) is 0 Å². The Balaban J connectivity index is 2.64. The highest BCUT2D eigenvalue weighted by atomic mass is 16.6. The minimum Gasteiger partial charge on any atom is -0.463 e. The van der Waals surface area contributed by atoms with E-state index in [4.69, 9.17) is 14.6 Å². The molecule has 0 amide bonds. The maximum Gasteiger partial charge on any atom is 0.310 e. The smallest absolute Gasteiger partial charge is 0.310 e. The van der Waals surface area contributed by atoms with Gasteiger partial charge in [-0.05, 0) is 33.6 Å². The van der Waals surface area contributed by atoms with Crippen LogP contribution < -0.4 is 0 Å². The van der Waals surface area contributed by atoms with Crippen molar-refractivity contribution in [2.24, 2.45) is 11.8 Å². The van der Waals surface area contributed by atoms with Crippen molar-refractivity contribution in [1.29, 1.82) is 0 Å². The summed E-state index contributed by atoms with van der Waals surface area (Å²) in [6.45, 7) is 4.65. The predicted octanol–water partition coefficient (Wildman–Crippen LogP) is 1.03. The molecule has 0 heterocycles. The lowest BCUT2D eigenvalue weighted by molar-refractivity contribution is -0.171. The summed E-state index contributed by atoms with van der Waals surface area (Å²) in [5.74, 6) is -1.89. The zero-order valence-electron chi connectivity index (χ0n) is 13.0. The fraction of sp³-hybridized carbons (Fsp3) is 0.867. The van der Waals surface area contributed by atoms with Crippen LogP contribution in [0.2, 0.25) is 0 Å². The first-order valence-corrected chi connectivity index (χ1v) is 7.43. The minimum atomic E-state index is -1.09. The third-order valence-electron chi connectivity index (χ3n) is 3.41. The maximum atomic E-state index is 12.2. The summed E-state index contributed by atoms with van der Waals surface area (Å²) in [5.41, 5.74) is -0.587. The van der Waals surface area contributed by atoms with Gasteiger partial charge in [0, 0.05) is 0 Å². The van der Waals surface area contributed by atoms with Crippen LogP contribution in [-0.4, -0.2) is 47.1 Å². The Kier molecular flexibility index (Phi) is 6.61. The van der Waals surface area contributed by atoms with Gasteiger partial charge in [0.25, 0.3) is 0 Å². The van der Waals surface area contributed by atoms with Crippen molar-refractivity contribution in [1.82, 2.24) is 0 Å². The Labute approximate surface area is 125 Å². The molecular weight excluding hydrogens is 276 g/mol. The number of aliphatic hydroxyl groups is 2. The van der Waals surface area contributed by atoms with Crippen molar-refractivity contribution in [3.05, 3.63) is 0 Å². The summed E-state index contributed by atoms with van der Waals surface area (Å²) in [6.07, 6.45) is 1.85. The number of aliphatic hydroxyl groups excluding tert-OH is 2. The summed E-state index contributed by atoms with van der Waals surface area (Å²) in [7, 11) is 0. The third kappa shape index (κ3) is 6.01. The number of carbonyl (C=O) groups excluding carboxylic acids is 2. The van der Waals surface area contributed by atoms with Crippen molar-refractivity contribution in [2.75, 3.05) is 13.2 Å². The van der Waals surface area contributed by atoms with E-state index in [9.17, 15) is 14.7 Å². The molecule has 0 bridgehead atoms. The van der Waals surface area contributed by atoms with Crippen LogP contribution in [0, 0.1) is 11.8 Å². The van der Waals surface area contributed by atoms with E-state index >= 15 is 0 Å². The monoisotopic (exact) mass is 302 g/mol. The number of hydrogen-bond acceptors (Lipinski definition) is 6. The molecule has 1 aliphatic carbocycles. The second-order valence-corrected chi connectivity index (χ2v) is 6.50. The molecule has 3 unspecified atom stereocenters. The van der Waals surface area contributed by atoms with Crippen LogP contribution in [0.5, 0.6) is 0 Å². The Morgan fingerprint density at radius 1 is 1.14 bits per heavy atom. The maximum absolute atomic E-state index is 12.2. The standard InChI is InChI=1S/C15H26O6/c1-15(2,3)21-14(19)12-7-5-4-6-11(12)13(18)20-9-10(17)8-16/h10-12,16-17H,4-9H2,1-3H3. The average molecular weight is 302 g/mol. The molecule has 0 aromatic rings. The third-order valence-corrected chi connectivity index (χ3v) is 3.41. The lowest BCUT2D eigenvalue weighted by Crippen LogP contribution is -2.38. The number of ether oxygens (including phenoxy) is 2. The van der Waals surface area contributed by atoms with E-state index in [1.54, 1.807) is 20.8 Å².